The summed E-state index contributed by atoms with van der Waals surface area (Å²) in [5.74, 6) is -0.125. The Balaban J connectivity index is 1.25. The van der Waals surface area contributed by atoms with Crippen LogP contribution in [0.25, 0.3) is 11.0 Å². The molecule has 11 heteroatoms. The van der Waals surface area contributed by atoms with Gasteiger partial charge in [-0.05, 0) is 91.5 Å². The second kappa shape index (κ2) is 10.7. The molecule has 10 nitrogen and oxygen atoms in total. The van der Waals surface area contributed by atoms with Gasteiger partial charge in [-0.1, -0.05) is 29.5 Å². The lowest BCUT2D eigenvalue weighted by atomic mass is 9.84. The van der Waals surface area contributed by atoms with Crippen LogP contribution in [0, 0.1) is 19.8 Å². The van der Waals surface area contributed by atoms with E-state index in [0.717, 1.165) is 64.8 Å². The van der Waals surface area contributed by atoms with Crippen LogP contribution in [0.1, 0.15) is 65.8 Å². The van der Waals surface area contributed by atoms with Crippen LogP contribution >= 0.6 is 0 Å². The summed E-state index contributed by atoms with van der Waals surface area (Å²) in [5, 5.41) is 18.8. The summed E-state index contributed by atoms with van der Waals surface area (Å²) in [6, 6.07) is 13.3. The summed E-state index contributed by atoms with van der Waals surface area (Å²) in [6.07, 6.45) is 5.91. The van der Waals surface area contributed by atoms with Gasteiger partial charge in [-0.15, -0.1) is 5.10 Å². The average Bonchev–Trinajstić information content (AvgIpc) is 3.54. The summed E-state index contributed by atoms with van der Waals surface area (Å²) < 4.78 is 31.5. The topological polar surface area (TPSA) is 122 Å². The maximum atomic E-state index is 14.0. The molecule has 2 atom stereocenters. The summed E-state index contributed by atoms with van der Waals surface area (Å²) in [5.41, 5.74) is 6.25. The van der Waals surface area contributed by atoms with E-state index in [4.69, 9.17) is 0 Å². The first-order valence-corrected chi connectivity index (χ1v) is 16.5. The van der Waals surface area contributed by atoms with Crippen molar-refractivity contribution in [1.82, 2.24) is 24.3 Å². The predicted molar refractivity (Wildman–Crippen MR) is 162 cm³/mol. The number of rotatable bonds is 8. The van der Waals surface area contributed by atoms with Crippen molar-refractivity contribution in [2.24, 2.45) is 5.92 Å². The molecule has 1 aliphatic carbocycles. The van der Waals surface area contributed by atoms with Crippen LogP contribution in [0.5, 0.6) is 0 Å². The van der Waals surface area contributed by atoms with Gasteiger partial charge in [-0.2, -0.15) is 4.31 Å². The summed E-state index contributed by atoms with van der Waals surface area (Å²) in [7, 11) is -3.80. The molecule has 0 spiro atoms. The van der Waals surface area contributed by atoms with E-state index < -0.39 is 21.9 Å². The van der Waals surface area contributed by atoms with Crippen LogP contribution in [0.15, 0.2) is 53.6 Å². The number of carboxylic acid groups (broad SMARTS) is 1. The molecule has 1 saturated carbocycles. The number of carbonyl (C=O) groups is 1. The number of aliphatic carboxylic acids is 1. The van der Waals surface area contributed by atoms with Gasteiger partial charge in [0.25, 0.3) is 0 Å². The minimum absolute atomic E-state index is 0.0666. The van der Waals surface area contributed by atoms with E-state index in [1.807, 2.05) is 48.9 Å². The van der Waals surface area contributed by atoms with E-state index in [1.165, 1.54) is 12.8 Å². The van der Waals surface area contributed by atoms with Crippen LogP contribution < -0.4 is 4.90 Å². The number of benzene rings is 2. The van der Waals surface area contributed by atoms with Crippen LogP contribution in [0.4, 0.5) is 5.82 Å². The molecule has 2 aromatic heterocycles. The van der Waals surface area contributed by atoms with Gasteiger partial charge in [0.2, 0.25) is 10.0 Å². The maximum Gasteiger partial charge on any atom is 0.304 e. The van der Waals surface area contributed by atoms with Gasteiger partial charge in [-0.3, -0.25) is 4.79 Å². The van der Waals surface area contributed by atoms with Crippen molar-refractivity contribution in [1.29, 1.82) is 0 Å². The molecule has 0 radical (unpaired) electrons. The molecule has 4 heterocycles. The van der Waals surface area contributed by atoms with Crippen molar-refractivity contribution in [3.05, 3.63) is 76.5 Å². The van der Waals surface area contributed by atoms with Gasteiger partial charge in [0.15, 0.2) is 0 Å². The zero-order valence-electron chi connectivity index (χ0n) is 24.5. The van der Waals surface area contributed by atoms with Gasteiger partial charge in [0.05, 0.1) is 11.9 Å². The minimum Gasteiger partial charge on any atom is -0.481 e. The minimum atomic E-state index is -3.80. The zero-order chi connectivity index (χ0) is 29.9. The Kier molecular flexibility index (Phi) is 6.97. The van der Waals surface area contributed by atoms with Gasteiger partial charge >= 0.3 is 5.97 Å². The molecule has 43 heavy (non-hydrogen) atoms. The zero-order valence-corrected chi connectivity index (χ0v) is 25.3. The van der Waals surface area contributed by atoms with Crippen LogP contribution in [-0.2, 0) is 27.9 Å². The normalized spacial score (nSPS) is 20.5. The van der Waals surface area contributed by atoms with Crippen LogP contribution in [-0.4, -0.2) is 62.9 Å². The molecule has 1 saturated heterocycles. The highest BCUT2D eigenvalue weighted by Crippen LogP contribution is 2.38. The molecule has 2 aromatic carbocycles. The standard InChI is InChI=1S/C32H36N6O4S/c1-20-7-10-23(27(16-30(39)40)26-11-12-28-31(21(26)2)34-35-38(28)17-22-8-9-22)15-24(20)18-36-19-25-5-4-14-37(25)32-29(43(36,41)42)6-3-13-33-32/h3,6-7,10-13,15,22,25,27H,4-5,8-9,14,16-19H2,1-2H3,(H,39,40)/t25-,27-/m1/s1. The molecule has 0 bridgehead atoms. The first kappa shape index (κ1) is 28.0. The van der Waals surface area contributed by atoms with E-state index in [9.17, 15) is 18.3 Å². The highest BCUT2D eigenvalue weighted by atomic mass is 32.2. The van der Waals surface area contributed by atoms with Crippen LogP contribution in [0.3, 0.4) is 0 Å². The molecular weight excluding hydrogens is 564 g/mol. The molecule has 1 N–H and O–H groups in total. The molecule has 4 aromatic rings. The number of aryl methyl sites for hydroxylation is 2. The Morgan fingerprint density at radius 1 is 1.12 bits per heavy atom. The fourth-order valence-corrected chi connectivity index (χ4v) is 8.42. The number of carboxylic acids is 1. The Labute approximate surface area is 251 Å². The molecular formula is C32H36N6O4S. The Bertz CT molecular complexity index is 1830. The molecule has 2 aliphatic heterocycles. The van der Waals surface area contributed by atoms with Crippen molar-refractivity contribution in [2.45, 2.75) is 75.9 Å². The van der Waals surface area contributed by atoms with Crippen molar-refractivity contribution in [3.8, 4) is 0 Å². The summed E-state index contributed by atoms with van der Waals surface area (Å²) >= 11 is 0. The lowest BCUT2D eigenvalue weighted by Gasteiger charge is -2.26. The third-order valence-corrected chi connectivity index (χ3v) is 11.3. The fourth-order valence-electron chi connectivity index (χ4n) is 6.82. The van der Waals surface area contributed by atoms with Crippen molar-refractivity contribution >= 4 is 32.8 Å². The third-order valence-electron chi connectivity index (χ3n) is 9.42. The summed E-state index contributed by atoms with van der Waals surface area (Å²) in [6.45, 7) is 6.19. The monoisotopic (exact) mass is 600 g/mol. The van der Waals surface area contributed by atoms with E-state index in [0.29, 0.717) is 18.3 Å². The maximum absolute atomic E-state index is 14.0. The SMILES string of the molecule is Cc1ccc([C@@H](CC(=O)O)c2ccc3c(nnn3CC3CC3)c2C)cc1CN1C[C@H]2CCCN2c2ncccc2S1(=O)=O. The van der Waals surface area contributed by atoms with E-state index in [1.54, 1.807) is 22.6 Å². The highest BCUT2D eigenvalue weighted by molar-refractivity contribution is 7.89. The lowest BCUT2D eigenvalue weighted by molar-refractivity contribution is -0.137. The van der Waals surface area contributed by atoms with E-state index >= 15 is 0 Å². The molecule has 7 rings (SSSR count). The number of nitrogens with zero attached hydrogens (tertiary/aromatic N) is 6. The van der Waals surface area contributed by atoms with E-state index in [-0.39, 0.29) is 23.9 Å². The molecule has 0 unspecified atom stereocenters. The van der Waals surface area contributed by atoms with Gasteiger partial charge < -0.3 is 10.0 Å². The van der Waals surface area contributed by atoms with Gasteiger partial charge in [0.1, 0.15) is 16.2 Å². The van der Waals surface area contributed by atoms with Crippen molar-refractivity contribution < 1.29 is 18.3 Å². The largest absolute Gasteiger partial charge is 0.481 e. The Morgan fingerprint density at radius 3 is 2.74 bits per heavy atom. The number of anilines is 1. The fraction of sp³-hybridized carbons (Fsp3) is 0.438. The Morgan fingerprint density at radius 2 is 1.95 bits per heavy atom. The molecule has 0 amide bonds. The lowest BCUT2D eigenvalue weighted by Crippen LogP contribution is -2.39. The highest BCUT2D eigenvalue weighted by Gasteiger charge is 2.40. The first-order chi connectivity index (χ1) is 20.7. The quantitative estimate of drug-likeness (QED) is 0.311. The Hall–Kier alpha value is -3.83. The smallest absolute Gasteiger partial charge is 0.304 e. The van der Waals surface area contributed by atoms with Crippen LogP contribution in [0.2, 0.25) is 0 Å². The molecule has 224 valence electrons. The second-order valence-corrected chi connectivity index (χ2v) is 14.2. The van der Waals surface area contributed by atoms with Crippen molar-refractivity contribution in [3.63, 3.8) is 0 Å². The third kappa shape index (κ3) is 5.08. The molecule has 2 fully saturated rings. The average molecular weight is 601 g/mol. The number of hydrogen-bond donors (Lipinski definition) is 1. The van der Waals surface area contributed by atoms with Crippen molar-refractivity contribution in [2.75, 3.05) is 18.0 Å². The number of aromatic nitrogens is 4. The molecule has 3 aliphatic rings. The van der Waals surface area contributed by atoms with E-state index in [2.05, 4.69) is 20.2 Å². The second-order valence-electron chi connectivity index (χ2n) is 12.3. The summed E-state index contributed by atoms with van der Waals surface area (Å²) in [4.78, 5) is 19.0. The van der Waals surface area contributed by atoms with Gasteiger partial charge in [0, 0.05) is 44.3 Å². The van der Waals surface area contributed by atoms with Gasteiger partial charge in [-0.25, -0.2) is 18.1 Å². The number of sulfonamides is 1. The number of pyridine rings is 1. The number of hydrogen-bond acceptors (Lipinski definition) is 7. The number of fused-ring (bicyclic) bond motifs is 4. The first-order valence-electron chi connectivity index (χ1n) is 15.1. The predicted octanol–water partition coefficient (Wildman–Crippen LogP) is 4.63.